The van der Waals surface area contributed by atoms with Gasteiger partial charge in [-0.25, -0.2) is 8.42 Å². The van der Waals surface area contributed by atoms with Crippen molar-refractivity contribution in [2.45, 2.75) is 37.2 Å². The average Bonchev–Trinajstić information content (AvgIpc) is 2.92. The Bertz CT molecular complexity index is 1800. The summed E-state index contributed by atoms with van der Waals surface area (Å²) >= 11 is 0. The first-order valence-electron chi connectivity index (χ1n) is 12.6. The van der Waals surface area contributed by atoms with Crippen LogP contribution in [0.15, 0.2) is 94.6 Å². The number of alkyl halides is 3. The van der Waals surface area contributed by atoms with Gasteiger partial charge in [0, 0.05) is 30.5 Å². The Hall–Kier alpha value is -4.71. The Labute approximate surface area is 239 Å². The molecule has 8 nitrogen and oxygen atoms in total. The van der Waals surface area contributed by atoms with Gasteiger partial charge in [-0.2, -0.15) is 13.2 Å². The van der Waals surface area contributed by atoms with Crippen molar-refractivity contribution in [1.82, 2.24) is 9.88 Å². The molecule has 0 unspecified atom stereocenters. The fraction of sp³-hybridized carbons (Fsp3) is 0.167. The first-order chi connectivity index (χ1) is 19.7. The Balaban J connectivity index is 1.45. The van der Waals surface area contributed by atoms with E-state index in [1.54, 1.807) is 31.2 Å². The van der Waals surface area contributed by atoms with Crippen molar-refractivity contribution in [3.63, 3.8) is 0 Å². The van der Waals surface area contributed by atoms with E-state index in [2.05, 4.69) is 10.6 Å². The van der Waals surface area contributed by atoms with Crippen LogP contribution >= 0.6 is 0 Å². The number of carbonyl (C=O) groups is 2. The summed E-state index contributed by atoms with van der Waals surface area (Å²) in [5.41, 5.74) is 0.00208. The summed E-state index contributed by atoms with van der Waals surface area (Å²) in [6.45, 7) is 2.89. The number of anilines is 1. The molecule has 12 heteroatoms. The van der Waals surface area contributed by atoms with Crippen LogP contribution in [0.2, 0.25) is 0 Å². The summed E-state index contributed by atoms with van der Waals surface area (Å²) in [4.78, 5) is 37.2. The first kappa shape index (κ1) is 30.3. The second-order valence-electron chi connectivity index (χ2n) is 9.54. The van der Waals surface area contributed by atoms with Gasteiger partial charge < -0.3 is 10.6 Å². The molecule has 1 heterocycles. The molecule has 4 aromatic rings. The standard InChI is InChI=1S/C30H26F3N3O5S/c1-19-6-15-27(29(39)36(19)25-5-3-4-23(16-25)30(31,32)33)28(38)34-17-21-9-13-26(14-10-21)42(40,41)18-22-7-11-24(12-8-22)35-20(2)37/h3-16H,17-18H2,1-2H3,(H,34,38)(H,35,37). The van der Waals surface area contributed by atoms with E-state index < -0.39 is 33.0 Å². The molecular formula is C30H26F3N3O5S. The quantitative estimate of drug-likeness (QED) is 0.296. The second-order valence-corrected chi connectivity index (χ2v) is 11.5. The molecule has 3 aromatic carbocycles. The molecule has 0 atom stereocenters. The second kappa shape index (κ2) is 12.0. The predicted molar refractivity (Wildman–Crippen MR) is 151 cm³/mol. The average molecular weight is 598 g/mol. The van der Waals surface area contributed by atoms with E-state index in [4.69, 9.17) is 0 Å². The number of carbonyl (C=O) groups excluding carboxylic acids is 2. The Morgan fingerprint density at radius 1 is 0.881 bits per heavy atom. The number of hydrogen-bond donors (Lipinski definition) is 2. The molecule has 0 aliphatic rings. The topological polar surface area (TPSA) is 114 Å². The number of halogens is 3. The van der Waals surface area contributed by atoms with Crippen LogP contribution in [0.1, 0.15) is 39.7 Å². The van der Waals surface area contributed by atoms with Gasteiger partial charge in [-0.3, -0.25) is 19.0 Å². The van der Waals surface area contributed by atoms with Crippen LogP contribution in [0, 0.1) is 6.92 Å². The number of hydrogen-bond acceptors (Lipinski definition) is 5. The maximum absolute atomic E-state index is 13.2. The molecule has 4 rings (SSSR count). The lowest BCUT2D eigenvalue weighted by molar-refractivity contribution is -0.137. The van der Waals surface area contributed by atoms with Gasteiger partial charge in [0.25, 0.3) is 11.5 Å². The number of aromatic nitrogens is 1. The van der Waals surface area contributed by atoms with Crippen LogP contribution in [-0.4, -0.2) is 24.8 Å². The van der Waals surface area contributed by atoms with Crippen molar-refractivity contribution >= 4 is 27.3 Å². The fourth-order valence-electron chi connectivity index (χ4n) is 4.23. The minimum absolute atomic E-state index is 0.0255. The number of pyridine rings is 1. The zero-order valence-corrected chi connectivity index (χ0v) is 23.3. The van der Waals surface area contributed by atoms with Crippen molar-refractivity contribution in [3.8, 4) is 5.69 Å². The Morgan fingerprint density at radius 2 is 1.52 bits per heavy atom. The molecule has 1 aromatic heterocycles. The maximum atomic E-state index is 13.2. The van der Waals surface area contributed by atoms with E-state index >= 15 is 0 Å². The Morgan fingerprint density at radius 3 is 2.14 bits per heavy atom. The SMILES string of the molecule is CC(=O)Nc1ccc(CS(=O)(=O)c2ccc(CNC(=O)c3ccc(C)n(-c4cccc(C(F)(F)F)c4)c3=O)cc2)cc1. The van der Waals surface area contributed by atoms with Gasteiger partial charge in [-0.15, -0.1) is 0 Å². The van der Waals surface area contributed by atoms with E-state index in [0.717, 1.165) is 16.7 Å². The lowest BCUT2D eigenvalue weighted by Crippen LogP contribution is -2.33. The van der Waals surface area contributed by atoms with Gasteiger partial charge in [-0.1, -0.05) is 30.3 Å². The van der Waals surface area contributed by atoms with Gasteiger partial charge in [0.2, 0.25) is 5.91 Å². The third-order valence-electron chi connectivity index (χ3n) is 6.32. The van der Waals surface area contributed by atoms with E-state index in [0.29, 0.717) is 22.5 Å². The summed E-state index contributed by atoms with van der Waals surface area (Å²) < 4.78 is 66.4. The van der Waals surface area contributed by atoms with Crippen molar-refractivity contribution in [3.05, 3.63) is 123 Å². The van der Waals surface area contributed by atoms with Crippen molar-refractivity contribution in [2.75, 3.05) is 5.32 Å². The number of rotatable bonds is 8. The van der Waals surface area contributed by atoms with Gasteiger partial charge in [-0.05, 0) is 72.6 Å². The Kier molecular flexibility index (Phi) is 8.67. The number of sulfone groups is 1. The normalized spacial score (nSPS) is 11.6. The summed E-state index contributed by atoms with van der Waals surface area (Å²) in [5.74, 6) is -1.23. The molecule has 2 amide bonds. The zero-order chi connectivity index (χ0) is 30.7. The zero-order valence-electron chi connectivity index (χ0n) is 22.5. The summed E-state index contributed by atoms with van der Waals surface area (Å²) in [6, 6.07) is 19.4. The molecule has 0 spiro atoms. The molecule has 0 saturated heterocycles. The smallest absolute Gasteiger partial charge is 0.348 e. The van der Waals surface area contributed by atoms with Crippen molar-refractivity contribution in [2.24, 2.45) is 0 Å². The lowest BCUT2D eigenvalue weighted by Gasteiger charge is -2.14. The van der Waals surface area contributed by atoms with Gasteiger partial charge in [0.05, 0.1) is 16.2 Å². The number of nitrogens with one attached hydrogen (secondary N) is 2. The van der Waals surface area contributed by atoms with E-state index in [1.807, 2.05) is 0 Å². The van der Waals surface area contributed by atoms with Gasteiger partial charge in [0.1, 0.15) is 5.56 Å². The molecule has 0 aliphatic heterocycles. The van der Waals surface area contributed by atoms with E-state index in [9.17, 15) is 36.0 Å². The number of amides is 2. The largest absolute Gasteiger partial charge is 0.416 e. The summed E-state index contributed by atoms with van der Waals surface area (Å²) in [5, 5.41) is 5.21. The van der Waals surface area contributed by atoms with Crippen LogP contribution in [0.4, 0.5) is 18.9 Å². The monoisotopic (exact) mass is 597 g/mol. The summed E-state index contributed by atoms with van der Waals surface area (Å²) in [7, 11) is -3.68. The highest BCUT2D eigenvalue weighted by atomic mass is 32.2. The molecule has 0 bridgehead atoms. The third-order valence-corrected chi connectivity index (χ3v) is 8.02. The molecule has 0 saturated carbocycles. The molecular weight excluding hydrogens is 571 g/mol. The molecule has 0 aliphatic carbocycles. The van der Waals surface area contributed by atoms with Crippen LogP contribution < -0.4 is 16.2 Å². The van der Waals surface area contributed by atoms with Crippen LogP contribution in [-0.2, 0) is 33.1 Å². The van der Waals surface area contributed by atoms with E-state index in [1.165, 1.54) is 55.5 Å². The van der Waals surface area contributed by atoms with Crippen molar-refractivity contribution in [1.29, 1.82) is 0 Å². The molecule has 0 fully saturated rings. The number of benzene rings is 3. The highest BCUT2D eigenvalue weighted by Gasteiger charge is 2.30. The van der Waals surface area contributed by atoms with Crippen LogP contribution in [0.3, 0.4) is 0 Å². The van der Waals surface area contributed by atoms with Crippen LogP contribution in [0.5, 0.6) is 0 Å². The van der Waals surface area contributed by atoms with Crippen molar-refractivity contribution < 1.29 is 31.2 Å². The minimum Gasteiger partial charge on any atom is -0.348 e. The molecule has 2 N–H and O–H groups in total. The predicted octanol–water partition coefficient (Wildman–Crippen LogP) is 5.03. The molecule has 218 valence electrons. The highest BCUT2D eigenvalue weighted by molar-refractivity contribution is 7.90. The van der Waals surface area contributed by atoms with Gasteiger partial charge >= 0.3 is 6.18 Å². The van der Waals surface area contributed by atoms with E-state index in [-0.39, 0.29) is 34.4 Å². The maximum Gasteiger partial charge on any atom is 0.416 e. The third kappa shape index (κ3) is 7.13. The number of nitrogens with zero attached hydrogens (tertiary/aromatic N) is 1. The van der Waals surface area contributed by atoms with Crippen LogP contribution in [0.25, 0.3) is 5.69 Å². The fourth-order valence-corrected chi connectivity index (χ4v) is 5.58. The highest BCUT2D eigenvalue weighted by Crippen LogP contribution is 2.30. The number of aryl methyl sites for hydroxylation is 1. The summed E-state index contributed by atoms with van der Waals surface area (Å²) in [6.07, 6.45) is -4.60. The molecule has 42 heavy (non-hydrogen) atoms. The van der Waals surface area contributed by atoms with Gasteiger partial charge in [0.15, 0.2) is 9.84 Å². The lowest BCUT2D eigenvalue weighted by atomic mass is 10.1. The minimum atomic E-state index is -4.60. The first-order valence-corrected chi connectivity index (χ1v) is 14.3. The molecule has 0 radical (unpaired) electrons.